The van der Waals surface area contributed by atoms with Gasteiger partial charge in [0.1, 0.15) is 5.69 Å². The Hall–Kier alpha value is -2.76. The minimum absolute atomic E-state index is 0.170. The molecule has 1 aromatic heterocycles. The number of aryl methyl sites for hydroxylation is 1. The Morgan fingerprint density at radius 2 is 2.00 bits per heavy atom. The summed E-state index contributed by atoms with van der Waals surface area (Å²) >= 11 is 0. The minimum Gasteiger partial charge on any atom is -0.397 e. The van der Waals surface area contributed by atoms with E-state index in [4.69, 9.17) is 5.73 Å². The summed E-state index contributed by atoms with van der Waals surface area (Å²) in [6.07, 6.45) is 1.67. The lowest BCUT2D eigenvalue weighted by atomic mass is 10.2. The Morgan fingerprint density at radius 3 is 2.62 bits per heavy atom. The molecule has 0 aliphatic carbocycles. The smallest absolute Gasteiger partial charge is 0.272 e. The second kappa shape index (κ2) is 6.13. The van der Waals surface area contributed by atoms with Crippen molar-refractivity contribution in [2.75, 3.05) is 17.6 Å². The van der Waals surface area contributed by atoms with Crippen LogP contribution in [0, 0.1) is 0 Å². The molecule has 0 bridgehead atoms. The van der Waals surface area contributed by atoms with Crippen molar-refractivity contribution >= 4 is 23.2 Å². The molecule has 0 atom stereocenters. The monoisotopic (exact) mass is 286 g/mol. The van der Waals surface area contributed by atoms with Crippen molar-refractivity contribution in [2.45, 2.75) is 6.92 Å². The van der Waals surface area contributed by atoms with Gasteiger partial charge in [0.05, 0.1) is 5.69 Å². The third kappa shape index (κ3) is 3.42. The number of nitrogens with two attached hydrogens (primary N) is 1. The lowest BCUT2D eigenvalue weighted by molar-refractivity contribution is 0.0954. The Morgan fingerprint density at radius 1 is 1.24 bits per heavy atom. The van der Waals surface area contributed by atoms with Crippen LogP contribution in [0.15, 0.2) is 36.5 Å². The Labute approximate surface area is 122 Å². The molecule has 21 heavy (non-hydrogen) atoms. The summed E-state index contributed by atoms with van der Waals surface area (Å²) in [6.45, 7) is 2.40. The fourth-order valence-corrected chi connectivity index (χ4v) is 2.01. The van der Waals surface area contributed by atoms with Gasteiger partial charge in [0.2, 0.25) is 0 Å². The van der Waals surface area contributed by atoms with Gasteiger partial charge in [-0.2, -0.15) is 0 Å². The van der Waals surface area contributed by atoms with Gasteiger partial charge in [0, 0.05) is 31.0 Å². The highest BCUT2D eigenvalue weighted by molar-refractivity contribution is 6.04. The van der Waals surface area contributed by atoms with Gasteiger partial charge >= 0.3 is 0 Å². The Balaban J connectivity index is 2.16. The molecule has 2 aromatic rings. The largest absolute Gasteiger partial charge is 0.397 e. The molecule has 0 saturated heterocycles. The van der Waals surface area contributed by atoms with E-state index < -0.39 is 0 Å². The molecule has 110 valence electrons. The summed E-state index contributed by atoms with van der Waals surface area (Å²) < 4.78 is 1.65. The van der Waals surface area contributed by atoms with E-state index in [2.05, 4.69) is 10.6 Å². The first-order valence-electron chi connectivity index (χ1n) is 6.62. The van der Waals surface area contributed by atoms with Crippen LogP contribution in [0.5, 0.6) is 0 Å². The van der Waals surface area contributed by atoms with Crippen LogP contribution in [-0.2, 0) is 7.05 Å². The second-order valence-electron chi connectivity index (χ2n) is 4.66. The zero-order valence-corrected chi connectivity index (χ0v) is 12.0. The normalized spacial score (nSPS) is 10.2. The number of nitrogens with one attached hydrogen (secondary N) is 2. The molecule has 0 aliphatic rings. The first kappa shape index (κ1) is 14.6. The summed E-state index contributed by atoms with van der Waals surface area (Å²) in [4.78, 5) is 23.9. The van der Waals surface area contributed by atoms with E-state index in [-0.39, 0.29) is 11.8 Å². The number of hydrogen-bond acceptors (Lipinski definition) is 3. The van der Waals surface area contributed by atoms with Crippen LogP contribution in [-0.4, -0.2) is 22.9 Å². The SMILES string of the molecule is CCNC(=O)c1cccc(NC(=O)c2cc(N)cn2C)c1. The van der Waals surface area contributed by atoms with Crippen LogP contribution in [0.25, 0.3) is 0 Å². The number of aromatic nitrogens is 1. The minimum atomic E-state index is -0.276. The van der Waals surface area contributed by atoms with Crippen molar-refractivity contribution in [2.24, 2.45) is 7.05 Å². The number of nitrogens with zero attached hydrogens (tertiary/aromatic N) is 1. The van der Waals surface area contributed by atoms with E-state index in [1.807, 2.05) is 6.92 Å². The first-order chi connectivity index (χ1) is 10.0. The molecule has 0 aliphatic heterocycles. The van der Waals surface area contributed by atoms with Crippen LogP contribution < -0.4 is 16.4 Å². The van der Waals surface area contributed by atoms with Crippen LogP contribution in [0.3, 0.4) is 0 Å². The van der Waals surface area contributed by atoms with E-state index in [9.17, 15) is 9.59 Å². The first-order valence-corrected chi connectivity index (χ1v) is 6.62. The number of amides is 2. The Bertz CT molecular complexity index is 676. The molecule has 0 saturated carbocycles. The fourth-order valence-electron chi connectivity index (χ4n) is 2.01. The van der Waals surface area contributed by atoms with Crippen molar-refractivity contribution in [3.05, 3.63) is 47.8 Å². The maximum Gasteiger partial charge on any atom is 0.272 e. The summed E-state index contributed by atoms with van der Waals surface area (Å²) in [5, 5.41) is 5.47. The summed E-state index contributed by atoms with van der Waals surface area (Å²) in [6, 6.07) is 8.38. The van der Waals surface area contributed by atoms with Gasteiger partial charge < -0.3 is 20.9 Å². The summed E-state index contributed by atoms with van der Waals surface area (Å²) in [7, 11) is 1.75. The Kier molecular flexibility index (Phi) is 4.27. The zero-order chi connectivity index (χ0) is 15.4. The molecule has 2 rings (SSSR count). The highest BCUT2D eigenvalue weighted by Crippen LogP contribution is 2.14. The molecule has 1 heterocycles. The van der Waals surface area contributed by atoms with Crippen LogP contribution in [0.1, 0.15) is 27.8 Å². The maximum atomic E-state index is 12.2. The number of anilines is 2. The van der Waals surface area contributed by atoms with Gasteiger partial charge in [-0.3, -0.25) is 9.59 Å². The lowest BCUT2D eigenvalue weighted by Gasteiger charge is -2.08. The van der Waals surface area contributed by atoms with Crippen LogP contribution in [0.4, 0.5) is 11.4 Å². The van der Waals surface area contributed by atoms with Gasteiger partial charge in [-0.05, 0) is 31.2 Å². The van der Waals surface area contributed by atoms with Gasteiger partial charge in [-0.25, -0.2) is 0 Å². The number of hydrogen-bond donors (Lipinski definition) is 3. The van der Waals surface area contributed by atoms with Crippen molar-refractivity contribution in [1.82, 2.24) is 9.88 Å². The number of rotatable bonds is 4. The summed E-state index contributed by atoms with van der Waals surface area (Å²) in [5.74, 6) is -0.445. The van der Waals surface area contributed by atoms with Crippen LogP contribution in [0.2, 0.25) is 0 Å². The molecule has 6 heteroatoms. The molecule has 0 radical (unpaired) electrons. The van der Waals surface area contributed by atoms with Gasteiger partial charge in [0.15, 0.2) is 0 Å². The van der Waals surface area contributed by atoms with E-state index in [0.717, 1.165) is 0 Å². The third-order valence-corrected chi connectivity index (χ3v) is 2.98. The number of benzene rings is 1. The quantitative estimate of drug-likeness (QED) is 0.797. The zero-order valence-electron chi connectivity index (χ0n) is 12.0. The molecule has 2 amide bonds. The number of carbonyl (C=O) groups excluding carboxylic acids is 2. The average Bonchev–Trinajstić information content (AvgIpc) is 2.78. The highest BCUT2D eigenvalue weighted by Gasteiger charge is 2.12. The predicted octanol–water partition coefficient (Wildman–Crippen LogP) is 1.61. The van der Waals surface area contributed by atoms with Gasteiger partial charge in [0.25, 0.3) is 11.8 Å². The maximum absolute atomic E-state index is 12.2. The molecule has 1 aromatic carbocycles. The van der Waals surface area contributed by atoms with E-state index in [1.54, 1.807) is 48.1 Å². The molecular weight excluding hydrogens is 268 g/mol. The molecule has 0 spiro atoms. The van der Waals surface area contributed by atoms with E-state index >= 15 is 0 Å². The standard InChI is InChI=1S/C15H18N4O2/c1-3-17-14(20)10-5-4-6-12(7-10)18-15(21)13-8-11(16)9-19(13)2/h4-9H,3,16H2,1-2H3,(H,17,20)(H,18,21). The molecule has 0 unspecified atom stereocenters. The van der Waals surface area contributed by atoms with Crippen molar-refractivity contribution in [3.63, 3.8) is 0 Å². The molecular formula is C15H18N4O2. The fraction of sp³-hybridized carbons (Fsp3) is 0.200. The van der Waals surface area contributed by atoms with Gasteiger partial charge in [-0.15, -0.1) is 0 Å². The molecule has 6 nitrogen and oxygen atoms in total. The predicted molar refractivity (Wildman–Crippen MR) is 82.2 cm³/mol. The van der Waals surface area contributed by atoms with Crippen molar-refractivity contribution in [1.29, 1.82) is 0 Å². The van der Waals surface area contributed by atoms with Gasteiger partial charge in [-0.1, -0.05) is 6.07 Å². The second-order valence-corrected chi connectivity index (χ2v) is 4.66. The average molecular weight is 286 g/mol. The molecule has 4 N–H and O–H groups in total. The van der Waals surface area contributed by atoms with Crippen molar-refractivity contribution < 1.29 is 9.59 Å². The lowest BCUT2D eigenvalue weighted by Crippen LogP contribution is -2.23. The molecule has 0 fully saturated rings. The van der Waals surface area contributed by atoms with Crippen LogP contribution >= 0.6 is 0 Å². The topological polar surface area (TPSA) is 89.2 Å². The van der Waals surface area contributed by atoms with E-state index in [0.29, 0.717) is 29.2 Å². The number of nitrogen functional groups attached to an aromatic ring is 1. The van der Waals surface area contributed by atoms with Crippen molar-refractivity contribution in [3.8, 4) is 0 Å². The third-order valence-electron chi connectivity index (χ3n) is 2.98. The van der Waals surface area contributed by atoms with E-state index in [1.165, 1.54) is 0 Å². The summed E-state index contributed by atoms with van der Waals surface area (Å²) in [5.41, 5.74) is 7.69. The highest BCUT2D eigenvalue weighted by atomic mass is 16.2. The number of carbonyl (C=O) groups is 2.